The third-order valence-electron chi connectivity index (χ3n) is 2.87. The highest BCUT2D eigenvalue weighted by Crippen LogP contribution is 2.26. The molecule has 0 fully saturated rings. The Morgan fingerprint density at radius 3 is 2.48 bits per heavy atom. The minimum Gasteiger partial charge on any atom is -0.392 e. The Bertz CT molecular complexity index is 606. The summed E-state index contributed by atoms with van der Waals surface area (Å²) in [5, 5.41) is 23.1. The van der Waals surface area contributed by atoms with Crippen LogP contribution in [0.25, 0.3) is 0 Å². The molecule has 2 N–H and O–H groups in total. The molecular weight excluding hydrogens is 312 g/mol. The summed E-state index contributed by atoms with van der Waals surface area (Å²) in [7, 11) is 0. The lowest BCUT2D eigenvalue weighted by Crippen LogP contribution is -2.06. The van der Waals surface area contributed by atoms with Crippen LogP contribution in [-0.4, -0.2) is 22.3 Å². The lowest BCUT2D eigenvalue weighted by Gasteiger charge is -2.08. The largest absolute Gasteiger partial charge is 0.392 e. The van der Waals surface area contributed by atoms with Gasteiger partial charge in [-0.2, -0.15) is 0 Å². The summed E-state index contributed by atoms with van der Waals surface area (Å²) in [6.45, 7) is 4.42. The zero-order valence-electron chi connectivity index (χ0n) is 13.4. The monoisotopic (exact) mass is 334 g/mol. The van der Waals surface area contributed by atoms with Crippen LogP contribution in [0.5, 0.6) is 0 Å². The first kappa shape index (κ1) is 19.0. The number of benzene rings is 2. The van der Waals surface area contributed by atoms with Gasteiger partial charge in [-0.3, -0.25) is 10.1 Å². The van der Waals surface area contributed by atoms with Crippen LogP contribution < -0.4 is 5.32 Å². The van der Waals surface area contributed by atoms with Crippen molar-refractivity contribution in [3.8, 4) is 0 Å². The van der Waals surface area contributed by atoms with Crippen LogP contribution in [-0.2, 0) is 6.61 Å². The van der Waals surface area contributed by atoms with Gasteiger partial charge < -0.3 is 10.4 Å². The van der Waals surface area contributed by atoms with Gasteiger partial charge >= 0.3 is 0 Å². The number of nitrogens with one attached hydrogen (secondary N) is 1. The number of rotatable bonds is 7. The number of nitrogens with zero attached hydrogens (tertiary/aromatic N) is 1. The molecule has 0 amide bonds. The molecule has 124 valence electrons. The Balaban J connectivity index is 0.00000127. The minimum atomic E-state index is -0.439. The van der Waals surface area contributed by atoms with E-state index in [1.807, 2.05) is 44.2 Å². The van der Waals surface area contributed by atoms with Gasteiger partial charge in [-0.15, -0.1) is 11.8 Å². The van der Waals surface area contributed by atoms with E-state index in [1.54, 1.807) is 23.9 Å². The van der Waals surface area contributed by atoms with E-state index in [2.05, 4.69) is 5.32 Å². The topological polar surface area (TPSA) is 75.4 Å². The van der Waals surface area contributed by atoms with Crippen molar-refractivity contribution in [2.24, 2.45) is 0 Å². The van der Waals surface area contributed by atoms with E-state index >= 15 is 0 Å². The molecule has 23 heavy (non-hydrogen) atoms. The van der Waals surface area contributed by atoms with Gasteiger partial charge in [-0.1, -0.05) is 38.1 Å². The molecule has 0 aliphatic rings. The number of aliphatic hydroxyl groups is 1. The van der Waals surface area contributed by atoms with Crippen LogP contribution in [0, 0.1) is 10.1 Å². The van der Waals surface area contributed by atoms with E-state index in [9.17, 15) is 10.1 Å². The highest BCUT2D eigenvalue weighted by molar-refractivity contribution is 7.99. The highest BCUT2D eigenvalue weighted by Gasteiger charge is 2.13. The lowest BCUT2D eigenvalue weighted by atomic mass is 10.2. The van der Waals surface area contributed by atoms with Crippen LogP contribution in [0.4, 0.5) is 11.4 Å². The van der Waals surface area contributed by atoms with Crippen LogP contribution >= 0.6 is 11.8 Å². The van der Waals surface area contributed by atoms with Gasteiger partial charge in [0.25, 0.3) is 5.69 Å². The van der Waals surface area contributed by atoms with E-state index in [1.165, 1.54) is 11.0 Å². The SMILES string of the molecule is CC.O=[N+]([O-])c1cc(CO)ccc1NCCSc1ccccc1. The first-order chi connectivity index (χ1) is 11.2. The highest BCUT2D eigenvalue weighted by atomic mass is 32.2. The number of thioether (sulfide) groups is 1. The van der Waals surface area contributed by atoms with Crippen LogP contribution in [0.3, 0.4) is 0 Å². The van der Waals surface area contributed by atoms with E-state index in [0.717, 1.165) is 5.75 Å². The standard InChI is InChI=1S/C15H16N2O3S.C2H6/c18-11-12-6-7-14(15(10-12)17(19)20)16-8-9-21-13-4-2-1-3-5-13;1-2/h1-7,10,16,18H,8-9,11H2;1-2H3. The molecule has 0 saturated carbocycles. The zero-order valence-corrected chi connectivity index (χ0v) is 14.2. The molecule has 2 aromatic carbocycles. The molecule has 0 heterocycles. The Morgan fingerprint density at radius 1 is 1.17 bits per heavy atom. The summed E-state index contributed by atoms with van der Waals surface area (Å²) in [6, 6.07) is 14.7. The van der Waals surface area contributed by atoms with Crippen molar-refractivity contribution in [1.29, 1.82) is 0 Å². The fraction of sp³-hybridized carbons (Fsp3) is 0.294. The van der Waals surface area contributed by atoms with Crippen LogP contribution in [0.15, 0.2) is 53.4 Å². The maximum absolute atomic E-state index is 11.0. The second kappa shape index (κ2) is 10.6. The van der Waals surface area contributed by atoms with Gasteiger partial charge in [-0.05, 0) is 23.8 Å². The molecule has 0 radical (unpaired) electrons. The summed E-state index contributed by atoms with van der Waals surface area (Å²) in [5.41, 5.74) is 1.00. The second-order valence-electron chi connectivity index (χ2n) is 4.36. The van der Waals surface area contributed by atoms with Crippen molar-refractivity contribution < 1.29 is 10.0 Å². The zero-order chi connectivity index (χ0) is 17.1. The summed E-state index contributed by atoms with van der Waals surface area (Å²) in [5.74, 6) is 0.808. The van der Waals surface area contributed by atoms with Crippen LogP contribution in [0.2, 0.25) is 0 Å². The average molecular weight is 334 g/mol. The van der Waals surface area contributed by atoms with Crippen molar-refractivity contribution >= 4 is 23.1 Å². The van der Waals surface area contributed by atoms with Crippen LogP contribution in [0.1, 0.15) is 19.4 Å². The summed E-state index contributed by atoms with van der Waals surface area (Å²) < 4.78 is 0. The van der Waals surface area contributed by atoms with Gasteiger partial charge in [0.15, 0.2) is 0 Å². The molecule has 0 aliphatic carbocycles. The summed E-state index contributed by atoms with van der Waals surface area (Å²) in [6.07, 6.45) is 0. The molecule has 2 rings (SSSR count). The Morgan fingerprint density at radius 2 is 1.87 bits per heavy atom. The van der Waals surface area contributed by atoms with E-state index in [4.69, 9.17) is 5.11 Å². The molecule has 6 heteroatoms. The third kappa shape index (κ3) is 6.30. The van der Waals surface area contributed by atoms with E-state index in [0.29, 0.717) is 17.8 Å². The molecule has 0 saturated heterocycles. The molecular formula is C17H22N2O3S. The van der Waals surface area contributed by atoms with Crippen molar-refractivity contribution in [1.82, 2.24) is 0 Å². The van der Waals surface area contributed by atoms with Crippen molar-refractivity contribution in [2.45, 2.75) is 25.3 Å². The Hall–Kier alpha value is -2.05. The lowest BCUT2D eigenvalue weighted by molar-refractivity contribution is -0.384. The van der Waals surface area contributed by atoms with E-state index < -0.39 is 4.92 Å². The first-order valence-corrected chi connectivity index (χ1v) is 8.49. The Kier molecular flexibility index (Phi) is 8.79. The number of nitro benzene ring substituents is 1. The molecule has 0 spiro atoms. The molecule has 2 aromatic rings. The third-order valence-corrected chi connectivity index (χ3v) is 3.88. The number of hydrogen-bond donors (Lipinski definition) is 2. The van der Waals surface area contributed by atoms with Crippen molar-refractivity contribution in [3.05, 3.63) is 64.2 Å². The second-order valence-corrected chi connectivity index (χ2v) is 5.52. The fourth-order valence-corrected chi connectivity index (χ4v) is 2.64. The maximum atomic E-state index is 11.0. The normalized spacial score (nSPS) is 9.70. The smallest absolute Gasteiger partial charge is 0.292 e. The predicted octanol–water partition coefficient (Wildman–Crippen LogP) is 4.32. The predicted molar refractivity (Wildman–Crippen MR) is 96.0 cm³/mol. The maximum Gasteiger partial charge on any atom is 0.292 e. The van der Waals surface area contributed by atoms with Gasteiger partial charge in [0, 0.05) is 23.3 Å². The number of hydrogen-bond acceptors (Lipinski definition) is 5. The van der Waals surface area contributed by atoms with Crippen molar-refractivity contribution in [2.75, 3.05) is 17.6 Å². The quantitative estimate of drug-likeness (QED) is 0.341. The van der Waals surface area contributed by atoms with E-state index in [-0.39, 0.29) is 12.3 Å². The van der Waals surface area contributed by atoms with Crippen molar-refractivity contribution in [3.63, 3.8) is 0 Å². The Labute approximate surface area is 140 Å². The molecule has 0 atom stereocenters. The molecule has 0 unspecified atom stereocenters. The first-order valence-electron chi connectivity index (χ1n) is 7.50. The molecule has 0 aromatic heterocycles. The summed E-state index contributed by atoms with van der Waals surface area (Å²) in [4.78, 5) is 11.8. The van der Waals surface area contributed by atoms with Gasteiger partial charge in [0.2, 0.25) is 0 Å². The minimum absolute atomic E-state index is 0.00809. The molecule has 0 bridgehead atoms. The number of aliphatic hydroxyl groups excluding tert-OH is 1. The molecule has 5 nitrogen and oxygen atoms in total. The van der Waals surface area contributed by atoms with Gasteiger partial charge in [0.1, 0.15) is 5.69 Å². The fourth-order valence-electron chi connectivity index (χ4n) is 1.85. The molecule has 0 aliphatic heterocycles. The number of anilines is 1. The average Bonchev–Trinajstić information content (AvgIpc) is 2.61. The van der Waals surface area contributed by atoms with Gasteiger partial charge in [-0.25, -0.2) is 0 Å². The number of nitro groups is 1. The van der Waals surface area contributed by atoms with Gasteiger partial charge in [0.05, 0.1) is 11.5 Å². The summed E-state index contributed by atoms with van der Waals surface area (Å²) >= 11 is 1.69.